The molecular weight excluding hydrogens is 266 g/mol. The number of nitrogens with zero attached hydrogens (tertiary/aromatic N) is 1. The molecule has 2 aromatic rings. The molecule has 0 spiro atoms. The summed E-state index contributed by atoms with van der Waals surface area (Å²) in [4.78, 5) is 10.7. The number of hydrogen-bond acceptors (Lipinski definition) is 2. The Labute approximate surface area is 124 Å². The number of carboxylic acids is 1. The van der Waals surface area contributed by atoms with Crippen molar-refractivity contribution in [3.63, 3.8) is 0 Å². The molecule has 1 aliphatic heterocycles. The Hall–Kier alpha value is -1.81. The Balaban J connectivity index is 1.81. The first kappa shape index (κ1) is 14.1. The van der Waals surface area contributed by atoms with Gasteiger partial charge in [0.15, 0.2) is 0 Å². The zero-order valence-electron chi connectivity index (χ0n) is 12.1. The Kier molecular flexibility index (Phi) is 4.25. The van der Waals surface area contributed by atoms with Crippen LogP contribution in [0.4, 0.5) is 0 Å². The smallest absolute Gasteiger partial charge is 0.303 e. The maximum atomic E-state index is 10.7. The lowest BCUT2D eigenvalue weighted by Crippen LogP contribution is -2.14. The molecular formula is C17H21NO3. The Morgan fingerprint density at radius 1 is 1.38 bits per heavy atom. The molecule has 1 N–H and O–H groups in total. The normalized spacial score (nSPS) is 18.4. The topological polar surface area (TPSA) is 51.5 Å². The maximum Gasteiger partial charge on any atom is 0.303 e. The first-order chi connectivity index (χ1) is 10.2. The Morgan fingerprint density at radius 3 is 3.00 bits per heavy atom. The molecule has 0 radical (unpaired) electrons. The van der Waals surface area contributed by atoms with Gasteiger partial charge in [-0.1, -0.05) is 18.2 Å². The fourth-order valence-electron chi connectivity index (χ4n) is 3.11. The van der Waals surface area contributed by atoms with Gasteiger partial charge in [0, 0.05) is 36.7 Å². The van der Waals surface area contributed by atoms with E-state index in [0.29, 0.717) is 12.5 Å². The van der Waals surface area contributed by atoms with Gasteiger partial charge in [-0.2, -0.15) is 0 Å². The summed E-state index contributed by atoms with van der Waals surface area (Å²) in [6, 6.07) is 8.34. The summed E-state index contributed by atoms with van der Waals surface area (Å²) >= 11 is 0. The second kappa shape index (κ2) is 6.31. The van der Waals surface area contributed by atoms with E-state index in [1.54, 1.807) is 0 Å². The van der Waals surface area contributed by atoms with E-state index in [-0.39, 0.29) is 6.42 Å². The van der Waals surface area contributed by atoms with E-state index in [1.807, 2.05) is 6.07 Å². The molecule has 4 heteroatoms. The van der Waals surface area contributed by atoms with Crippen LogP contribution < -0.4 is 0 Å². The van der Waals surface area contributed by atoms with Gasteiger partial charge in [0.25, 0.3) is 0 Å². The van der Waals surface area contributed by atoms with Gasteiger partial charge in [-0.15, -0.1) is 0 Å². The maximum absolute atomic E-state index is 10.7. The number of fused-ring (bicyclic) bond motifs is 1. The summed E-state index contributed by atoms with van der Waals surface area (Å²) in [6.45, 7) is 1.76. The van der Waals surface area contributed by atoms with Crippen molar-refractivity contribution in [3.8, 4) is 0 Å². The number of ether oxygens (including phenoxy) is 1. The van der Waals surface area contributed by atoms with Crippen LogP contribution >= 0.6 is 0 Å². The number of carbonyl (C=O) groups is 1. The summed E-state index contributed by atoms with van der Waals surface area (Å²) in [6.07, 6.45) is 6.48. The van der Waals surface area contributed by atoms with Crippen LogP contribution in [0.1, 0.15) is 31.2 Å². The van der Waals surface area contributed by atoms with Gasteiger partial charge in [-0.25, -0.2) is 0 Å². The van der Waals surface area contributed by atoms with E-state index in [2.05, 4.69) is 29.0 Å². The number of aliphatic carboxylic acids is 1. The van der Waals surface area contributed by atoms with Gasteiger partial charge in [0.2, 0.25) is 0 Å². The average Bonchev–Trinajstić information content (AvgIpc) is 3.09. The highest BCUT2D eigenvalue weighted by atomic mass is 16.5. The molecule has 3 rings (SSSR count). The highest BCUT2D eigenvalue weighted by Crippen LogP contribution is 2.25. The minimum absolute atomic E-state index is 0.227. The molecule has 1 aromatic carbocycles. The van der Waals surface area contributed by atoms with E-state index in [1.165, 1.54) is 16.5 Å². The Morgan fingerprint density at radius 2 is 2.24 bits per heavy atom. The largest absolute Gasteiger partial charge is 0.481 e. The second-order valence-electron chi connectivity index (χ2n) is 5.71. The van der Waals surface area contributed by atoms with E-state index >= 15 is 0 Å². The molecule has 112 valence electrons. The van der Waals surface area contributed by atoms with E-state index < -0.39 is 5.97 Å². The number of benzene rings is 1. The lowest BCUT2D eigenvalue weighted by molar-refractivity contribution is -0.137. The van der Waals surface area contributed by atoms with Gasteiger partial charge in [0.1, 0.15) is 0 Å². The molecule has 1 aromatic heterocycles. The highest BCUT2D eigenvalue weighted by molar-refractivity contribution is 5.84. The molecule has 1 aliphatic rings. The highest BCUT2D eigenvalue weighted by Gasteiger charge is 2.17. The van der Waals surface area contributed by atoms with Gasteiger partial charge < -0.3 is 14.4 Å². The van der Waals surface area contributed by atoms with E-state index in [9.17, 15) is 4.79 Å². The summed E-state index contributed by atoms with van der Waals surface area (Å²) in [5, 5.41) is 10.0. The predicted octanol–water partition coefficient (Wildman–Crippen LogP) is 3.23. The third-order valence-electron chi connectivity index (χ3n) is 4.13. The van der Waals surface area contributed by atoms with Crippen LogP contribution in [-0.2, 0) is 22.5 Å². The van der Waals surface area contributed by atoms with Gasteiger partial charge >= 0.3 is 5.97 Å². The minimum atomic E-state index is -0.724. The number of aromatic nitrogens is 1. The SMILES string of the molecule is O=C(O)CCCc1cn(CC2CCCO2)c2ccccc12. The number of carboxylic acid groups (broad SMARTS) is 1. The number of para-hydroxylation sites is 1. The third kappa shape index (κ3) is 3.27. The monoisotopic (exact) mass is 287 g/mol. The quantitative estimate of drug-likeness (QED) is 0.887. The molecule has 1 fully saturated rings. The molecule has 4 nitrogen and oxygen atoms in total. The first-order valence-corrected chi connectivity index (χ1v) is 7.64. The molecule has 21 heavy (non-hydrogen) atoms. The summed E-state index contributed by atoms with van der Waals surface area (Å²) in [5.41, 5.74) is 2.46. The lowest BCUT2D eigenvalue weighted by atomic mass is 10.1. The van der Waals surface area contributed by atoms with Crippen LogP contribution in [0.2, 0.25) is 0 Å². The molecule has 2 heterocycles. The molecule has 1 unspecified atom stereocenters. The van der Waals surface area contributed by atoms with E-state index in [0.717, 1.165) is 32.4 Å². The molecule has 1 saturated heterocycles. The standard InChI is InChI=1S/C17H21NO3/c19-17(20)9-3-5-13-11-18(12-14-6-4-10-21-14)16-8-2-1-7-15(13)16/h1-2,7-8,11,14H,3-6,9-10,12H2,(H,19,20). The molecule has 1 atom stereocenters. The second-order valence-corrected chi connectivity index (χ2v) is 5.71. The van der Waals surface area contributed by atoms with Crippen LogP contribution in [0.5, 0.6) is 0 Å². The van der Waals surface area contributed by atoms with Crippen molar-refractivity contribution < 1.29 is 14.6 Å². The number of hydrogen-bond donors (Lipinski definition) is 1. The average molecular weight is 287 g/mol. The van der Waals surface area contributed by atoms with Crippen molar-refractivity contribution >= 4 is 16.9 Å². The van der Waals surface area contributed by atoms with Crippen molar-refractivity contribution in [3.05, 3.63) is 36.0 Å². The molecule has 0 aliphatic carbocycles. The fourth-order valence-corrected chi connectivity index (χ4v) is 3.11. The predicted molar refractivity (Wildman–Crippen MR) is 81.5 cm³/mol. The molecule has 0 amide bonds. The summed E-state index contributed by atoms with van der Waals surface area (Å²) in [5.74, 6) is -0.724. The van der Waals surface area contributed by atoms with Crippen LogP contribution in [0.3, 0.4) is 0 Å². The summed E-state index contributed by atoms with van der Waals surface area (Å²) in [7, 11) is 0. The number of rotatable bonds is 6. The van der Waals surface area contributed by atoms with Gasteiger partial charge in [0.05, 0.1) is 6.10 Å². The molecule has 0 bridgehead atoms. The van der Waals surface area contributed by atoms with Crippen LogP contribution in [0.25, 0.3) is 10.9 Å². The minimum Gasteiger partial charge on any atom is -0.481 e. The van der Waals surface area contributed by atoms with E-state index in [4.69, 9.17) is 9.84 Å². The molecule has 0 saturated carbocycles. The van der Waals surface area contributed by atoms with Crippen molar-refractivity contribution in [2.45, 2.75) is 44.8 Å². The summed E-state index contributed by atoms with van der Waals surface area (Å²) < 4.78 is 7.99. The van der Waals surface area contributed by atoms with Crippen molar-refractivity contribution in [1.29, 1.82) is 0 Å². The zero-order valence-corrected chi connectivity index (χ0v) is 12.1. The van der Waals surface area contributed by atoms with Crippen LogP contribution in [-0.4, -0.2) is 28.4 Å². The first-order valence-electron chi connectivity index (χ1n) is 7.64. The van der Waals surface area contributed by atoms with Crippen LogP contribution in [0.15, 0.2) is 30.5 Å². The van der Waals surface area contributed by atoms with Crippen molar-refractivity contribution in [2.75, 3.05) is 6.61 Å². The fraction of sp³-hybridized carbons (Fsp3) is 0.471. The van der Waals surface area contributed by atoms with Crippen LogP contribution in [0, 0.1) is 0 Å². The zero-order chi connectivity index (χ0) is 14.7. The lowest BCUT2D eigenvalue weighted by Gasteiger charge is -2.11. The van der Waals surface area contributed by atoms with Gasteiger partial charge in [-0.05, 0) is 37.3 Å². The third-order valence-corrected chi connectivity index (χ3v) is 4.13. The Bertz CT molecular complexity index is 626. The van der Waals surface area contributed by atoms with Crippen molar-refractivity contribution in [2.24, 2.45) is 0 Å². The number of aryl methyl sites for hydroxylation is 1. The van der Waals surface area contributed by atoms with Gasteiger partial charge in [-0.3, -0.25) is 4.79 Å². The van der Waals surface area contributed by atoms with Crippen molar-refractivity contribution in [1.82, 2.24) is 4.57 Å².